The van der Waals surface area contributed by atoms with Crippen molar-refractivity contribution < 1.29 is 19.4 Å². The second-order valence-corrected chi connectivity index (χ2v) is 9.14. The number of hydrogen-bond donors (Lipinski definition) is 2. The Bertz CT molecular complexity index is 1060. The van der Waals surface area contributed by atoms with Gasteiger partial charge in [-0.25, -0.2) is 4.79 Å². The van der Waals surface area contributed by atoms with Gasteiger partial charge < -0.3 is 20.1 Å². The molecule has 0 saturated heterocycles. The van der Waals surface area contributed by atoms with Crippen molar-refractivity contribution in [2.75, 3.05) is 6.54 Å². The molecule has 2 amide bonds. The summed E-state index contributed by atoms with van der Waals surface area (Å²) in [5.41, 5.74) is 2.38. The fraction of sp³-hybridized carbons (Fsp3) is 0.345. The highest BCUT2D eigenvalue weighted by Crippen LogP contribution is 2.20. The number of amides is 2. The predicted molar refractivity (Wildman–Crippen MR) is 139 cm³/mol. The lowest BCUT2D eigenvalue weighted by atomic mass is 10.0. The number of hydrogen-bond acceptors (Lipinski definition) is 5. The van der Waals surface area contributed by atoms with Crippen LogP contribution in [0.4, 0.5) is 4.79 Å². The van der Waals surface area contributed by atoms with Gasteiger partial charge in [-0.3, -0.25) is 9.78 Å². The number of aliphatic hydroxyl groups is 1. The number of nitrogens with one attached hydrogen (secondary N) is 1. The molecule has 7 nitrogen and oxygen atoms in total. The Balaban J connectivity index is 1.72. The number of alkyl carbamates (subject to hydrolysis) is 1. The third kappa shape index (κ3) is 8.50. The van der Waals surface area contributed by atoms with Gasteiger partial charge in [-0.05, 0) is 48.4 Å². The molecule has 2 aromatic carbocycles. The van der Waals surface area contributed by atoms with Crippen molar-refractivity contribution in [3.8, 4) is 0 Å². The van der Waals surface area contributed by atoms with Crippen LogP contribution in [-0.4, -0.2) is 39.6 Å². The summed E-state index contributed by atoms with van der Waals surface area (Å²) >= 11 is 0. The molecule has 0 spiro atoms. The molecule has 3 aromatic rings. The summed E-state index contributed by atoms with van der Waals surface area (Å²) in [6.07, 6.45) is 1.48. The van der Waals surface area contributed by atoms with Gasteiger partial charge >= 0.3 is 6.09 Å². The third-order valence-corrected chi connectivity index (χ3v) is 5.75. The van der Waals surface area contributed by atoms with Crippen molar-refractivity contribution in [3.63, 3.8) is 0 Å². The van der Waals surface area contributed by atoms with Crippen LogP contribution in [0.5, 0.6) is 0 Å². The van der Waals surface area contributed by atoms with Crippen LogP contribution in [0.15, 0.2) is 85.1 Å². The highest BCUT2D eigenvalue weighted by atomic mass is 16.5. The molecule has 7 heteroatoms. The van der Waals surface area contributed by atoms with Crippen molar-refractivity contribution >= 4 is 12.0 Å². The molecule has 0 aliphatic carbocycles. The number of rotatable bonds is 12. The van der Waals surface area contributed by atoms with Crippen LogP contribution in [0, 0.1) is 5.92 Å². The van der Waals surface area contributed by atoms with E-state index in [1.54, 1.807) is 24.4 Å². The summed E-state index contributed by atoms with van der Waals surface area (Å²) < 4.78 is 5.36. The van der Waals surface area contributed by atoms with E-state index in [0.717, 1.165) is 17.5 Å². The lowest BCUT2D eigenvalue weighted by molar-refractivity contribution is -0.145. The number of benzene rings is 2. The molecule has 0 saturated carbocycles. The molecule has 2 atom stereocenters. The zero-order chi connectivity index (χ0) is 25.8. The summed E-state index contributed by atoms with van der Waals surface area (Å²) in [6.45, 7) is 4.37. The van der Waals surface area contributed by atoms with Crippen LogP contribution < -0.4 is 5.32 Å². The van der Waals surface area contributed by atoms with Gasteiger partial charge in [0.25, 0.3) is 0 Å². The molecular weight excluding hydrogens is 454 g/mol. The van der Waals surface area contributed by atoms with E-state index in [2.05, 4.69) is 10.3 Å². The van der Waals surface area contributed by atoms with Crippen LogP contribution in [0.1, 0.15) is 49.7 Å². The SMILES string of the molecule is CC(C)C[C@H](NC(=O)OCc1ccccc1)C(=O)N(CCCc1ccccc1)C(O)c1ccccn1. The van der Waals surface area contributed by atoms with E-state index in [0.29, 0.717) is 25.1 Å². The summed E-state index contributed by atoms with van der Waals surface area (Å²) in [5.74, 6) is -0.238. The molecular formula is C29H35N3O4. The minimum atomic E-state index is -1.23. The molecule has 2 N–H and O–H groups in total. The van der Waals surface area contributed by atoms with Crippen molar-refractivity contribution in [1.29, 1.82) is 0 Å². The third-order valence-electron chi connectivity index (χ3n) is 5.75. The Morgan fingerprint density at radius 2 is 1.58 bits per heavy atom. The second kappa shape index (κ2) is 14.0. The van der Waals surface area contributed by atoms with E-state index >= 15 is 0 Å². The summed E-state index contributed by atoms with van der Waals surface area (Å²) in [5, 5.41) is 13.8. The molecule has 1 heterocycles. The average Bonchev–Trinajstić information content (AvgIpc) is 2.90. The lowest BCUT2D eigenvalue weighted by Gasteiger charge is -2.32. The molecule has 1 unspecified atom stereocenters. The lowest BCUT2D eigenvalue weighted by Crippen LogP contribution is -2.50. The Labute approximate surface area is 213 Å². The average molecular weight is 490 g/mol. The minimum absolute atomic E-state index is 0.104. The zero-order valence-corrected chi connectivity index (χ0v) is 20.9. The molecule has 0 aliphatic heterocycles. The number of ether oxygens (including phenoxy) is 1. The second-order valence-electron chi connectivity index (χ2n) is 9.14. The van der Waals surface area contributed by atoms with Crippen molar-refractivity contribution in [3.05, 3.63) is 102 Å². The van der Waals surface area contributed by atoms with E-state index < -0.39 is 18.4 Å². The van der Waals surface area contributed by atoms with Gasteiger partial charge in [0.2, 0.25) is 5.91 Å². The van der Waals surface area contributed by atoms with E-state index in [-0.39, 0.29) is 18.4 Å². The first-order chi connectivity index (χ1) is 17.4. The first-order valence-electron chi connectivity index (χ1n) is 12.3. The monoisotopic (exact) mass is 489 g/mol. The molecule has 0 bridgehead atoms. The number of carbonyl (C=O) groups is 2. The highest BCUT2D eigenvalue weighted by molar-refractivity contribution is 5.86. The fourth-order valence-electron chi connectivity index (χ4n) is 3.94. The fourth-order valence-corrected chi connectivity index (χ4v) is 3.94. The van der Waals surface area contributed by atoms with E-state index in [9.17, 15) is 14.7 Å². The Morgan fingerprint density at radius 1 is 0.944 bits per heavy atom. The van der Waals surface area contributed by atoms with Crippen LogP contribution in [-0.2, 0) is 22.6 Å². The molecule has 190 valence electrons. The smallest absolute Gasteiger partial charge is 0.408 e. The standard InChI is InChI=1S/C29H35N3O4/c1-22(2)20-26(31-29(35)36-21-24-14-7-4-8-15-24)28(34)32(27(33)25-17-9-10-18-30-25)19-11-16-23-12-5-3-6-13-23/h3-10,12-15,17-18,22,26-27,33H,11,16,19-21H2,1-2H3,(H,31,35)/t26-,27?/m0/s1. The van der Waals surface area contributed by atoms with E-state index in [1.807, 2.05) is 74.5 Å². The van der Waals surface area contributed by atoms with Gasteiger partial charge in [-0.2, -0.15) is 0 Å². The highest BCUT2D eigenvalue weighted by Gasteiger charge is 2.32. The molecule has 0 aliphatic rings. The van der Waals surface area contributed by atoms with E-state index in [4.69, 9.17) is 4.74 Å². The van der Waals surface area contributed by atoms with Crippen LogP contribution in [0.3, 0.4) is 0 Å². The summed E-state index contributed by atoms with van der Waals surface area (Å²) in [4.78, 5) is 31.9. The minimum Gasteiger partial charge on any atom is -0.445 e. The van der Waals surface area contributed by atoms with Gasteiger partial charge in [-0.15, -0.1) is 0 Å². The number of aryl methyl sites for hydroxylation is 1. The summed E-state index contributed by atoms with van der Waals surface area (Å²) in [7, 11) is 0. The van der Waals surface area contributed by atoms with Crippen LogP contribution in [0.25, 0.3) is 0 Å². The first-order valence-corrected chi connectivity index (χ1v) is 12.3. The number of carbonyl (C=O) groups excluding carboxylic acids is 2. The Morgan fingerprint density at radius 3 is 2.19 bits per heavy atom. The van der Waals surface area contributed by atoms with Gasteiger partial charge in [0.15, 0.2) is 6.23 Å². The largest absolute Gasteiger partial charge is 0.445 e. The maximum absolute atomic E-state index is 13.7. The number of pyridine rings is 1. The van der Waals surface area contributed by atoms with Gasteiger partial charge in [0.1, 0.15) is 12.6 Å². The quantitative estimate of drug-likeness (QED) is 0.354. The van der Waals surface area contributed by atoms with E-state index in [1.165, 1.54) is 4.90 Å². The predicted octanol–water partition coefficient (Wildman–Crippen LogP) is 4.88. The first kappa shape index (κ1) is 26.9. The van der Waals surface area contributed by atoms with Gasteiger partial charge in [-0.1, -0.05) is 80.6 Å². The molecule has 36 heavy (non-hydrogen) atoms. The summed E-state index contributed by atoms with van der Waals surface area (Å²) in [6, 6.07) is 23.7. The van der Waals surface area contributed by atoms with Crippen molar-refractivity contribution in [2.24, 2.45) is 5.92 Å². The number of aromatic nitrogens is 1. The Kier molecular flexibility index (Phi) is 10.5. The van der Waals surface area contributed by atoms with Crippen molar-refractivity contribution in [2.45, 2.75) is 52.0 Å². The maximum Gasteiger partial charge on any atom is 0.408 e. The zero-order valence-electron chi connectivity index (χ0n) is 20.9. The Hall–Kier alpha value is -3.71. The van der Waals surface area contributed by atoms with Crippen LogP contribution >= 0.6 is 0 Å². The molecule has 1 aromatic heterocycles. The van der Waals surface area contributed by atoms with Gasteiger partial charge in [0.05, 0.1) is 5.69 Å². The molecule has 3 rings (SSSR count). The normalized spacial score (nSPS) is 12.6. The van der Waals surface area contributed by atoms with Gasteiger partial charge in [0, 0.05) is 12.7 Å². The molecule has 0 fully saturated rings. The maximum atomic E-state index is 13.7. The number of nitrogens with zero attached hydrogens (tertiary/aromatic N) is 2. The van der Waals surface area contributed by atoms with Crippen molar-refractivity contribution in [1.82, 2.24) is 15.2 Å². The van der Waals surface area contributed by atoms with Crippen LogP contribution in [0.2, 0.25) is 0 Å². The number of aliphatic hydroxyl groups excluding tert-OH is 1. The molecule has 0 radical (unpaired) electrons. The topological polar surface area (TPSA) is 91.8 Å².